The van der Waals surface area contributed by atoms with Gasteiger partial charge in [-0.2, -0.15) is 0 Å². The van der Waals surface area contributed by atoms with Gasteiger partial charge < -0.3 is 15.4 Å². The van der Waals surface area contributed by atoms with Crippen LogP contribution in [0.2, 0.25) is 0 Å². The van der Waals surface area contributed by atoms with Gasteiger partial charge in [-0.25, -0.2) is 0 Å². The maximum Gasteiger partial charge on any atom is 0.227 e. The highest BCUT2D eigenvalue weighted by molar-refractivity contribution is 5.79. The lowest BCUT2D eigenvalue weighted by Gasteiger charge is -2.40. The van der Waals surface area contributed by atoms with Crippen LogP contribution in [0.1, 0.15) is 31.7 Å². The number of benzene rings is 1. The summed E-state index contributed by atoms with van der Waals surface area (Å²) in [4.78, 5) is 14.6. The van der Waals surface area contributed by atoms with Crippen LogP contribution >= 0.6 is 0 Å². The van der Waals surface area contributed by atoms with Crippen LogP contribution in [0.15, 0.2) is 24.3 Å². The van der Waals surface area contributed by atoms with Crippen LogP contribution in [0.5, 0.6) is 5.75 Å². The fraction of sp³-hybridized carbons (Fsp3) is 0.562. The maximum atomic E-state index is 12.6. The number of hydrogen-bond acceptors (Lipinski definition) is 3. The summed E-state index contributed by atoms with van der Waals surface area (Å²) in [5, 5.41) is 0. The molecular formula is C16H24N2O2. The fourth-order valence-corrected chi connectivity index (χ4v) is 3.02. The molecule has 1 aliphatic rings. The van der Waals surface area contributed by atoms with Gasteiger partial charge in [0, 0.05) is 18.6 Å². The number of carbonyl (C=O) groups excluding carboxylic acids is 1. The molecule has 1 amide bonds. The SMILES string of the molecule is COc1cccc(CC(=O)N2C(C)CCCC2CN)c1. The summed E-state index contributed by atoms with van der Waals surface area (Å²) in [6.45, 7) is 2.67. The maximum absolute atomic E-state index is 12.6. The number of methoxy groups -OCH3 is 1. The van der Waals surface area contributed by atoms with E-state index in [0.29, 0.717) is 13.0 Å². The van der Waals surface area contributed by atoms with Crippen molar-refractivity contribution >= 4 is 5.91 Å². The smallest absolute Gasteiger partial charge is 0.227 e. The highest BCUT2D eigenvalue weighted by Gasteiger charge is 2.30. The summed E-state index contributed by atoms with van der Waals surface area (Å²) in [7, 11) is 1.64. The molecule has 1 heterocycles. The minimum Gasteiger partial charge on any atom is -0.497 e. The molecule has 0 aliphatic carbocycles. The summed E-state index contributed by atoms with van der Waals surface area (Å²) >= 11 is 0. The number of ether oxygens (including phenoxy) is 1. The fourth-order valence-electron chi connectivity index (χ4n) is 3.02. The molecule has 1 aromatic carbocycles. The van der Waals surface area contributed by atoms with Crippen LogP contribution in [-0.4, -0.2) is 36.5 Å². The first kappa shape index (κ1) is 14.9. The molecule has 1 saturated heterocycles. The Morgan fingerprint density at radius 2 is 2.25 bits per heavy atom. The van der Waals surface area contributed by atoms with Gasteiger partial charge in [0.15, 0.2) is 0 Å². The molecule has 0 aromatic heterocycles. The first-order valence-electron chi connectivity index (χ1n) is 7.30. The second-order valence-electron chi connectivity index (χ2n) is 5.50. The van der Waals surface area contributed by atoms with E-state index in [0.717, 1.165) is 30.6 Å². The zero-order valence-electron chi connectivity index (χ0n) is 12.3. The summed E-state index contributed by atoms with van der Waals surface area (Å²) in [6, 6.07) is 8.17. The summed E-state index contributed by atoms with van der Waals surface area (Å²) in [5.41, 5.74) is 6.81. The first-order valence-corrected chi connectivity index (χ1v) is 7.30. The molecule has 4 heteroatoms. The van der Waals surface area contributed by atoms with Crippen molar-refractivity contribution in [2.75, 3.05) is 13.7 Å². The van der Waals surface area contributed by atoms with E-state index < -0.39 is 0 Å². The van der Waals surface area contributed by atoms with Gasteiger partial charge in [0.1, 0.15) is 5.75 Å². The monoisotopic (exact) mass is 276 g/mol. The van der Waals surface area contributed by atoms with Crippen molar-refractivity contribution in [1.29, 1.82) is 0 Å². The van der Waals surface area contributed by atoms with Crippen LogP contribution < -0.4 is 10.5 Å². The van der Waals surface area contributed by atoms with Gasteiger partial charge in [-0.1, -0.05) is 12.1 Å². The van der Waals surface area contributed by atoms with Crippen molar-refractivity contribution in [3.8, 4) is 5.75 Å². The van der Waals surface area contributed by atoms with Crippen molar-refractivity contribution < 1.29 is 9.53 Å². The molecule has 0 radical (unpaired) electrons. The molecule has 110 valence electrons. The first-order chi connectivity index (χ1) is 9.65. The Morgan fingerprint density at radius 1 is 1.45 bits per heavy atom. The Hall–Kier alpha value is -1.55. The lowest BCUT2D eigenvalue weighted by atomic mass is 9.95. The molecule has 0 bridgehead atoms. The predicted molar refractivity (Wildman–Crippen MR) is 79.7 cm³/mol. The third-order valence-electron chi connectivity index (χ3n) is 4.08. The van der Waals surface area contributed by atoms with Gasteiger partial charge in [0.2, 0.25) is 5.91 Å². The Kier molecular flexibility index (Phi) is 5.01. The quantitative estimate of drug-likeness (QED) is 0.914. The summed E-state index contributed by atoms with van der Waals surface area (Å²) < 4.78 is 5.20. The Balaban J connectivity index is 2.09. The van der Waals surface area contributed by atoms with Gasteiger partial charge in [-0.15, -0.1) is 0 Å². The van der Waals surface area contributed by atoms with E-state index in [9.17, 15) is 4.79 Å². The Labute approximate surface area is 120 Å². The molecule has 1 aliphatic heterocycles. The standard InChI is InChI=1S/C16H24N2O2/c1-12-5-3-7-14(11-17)18(12)16(19)10-13-6-4-8-15(9-13)20-2/h4,6,8-9,12,14H,3,5,7,10-11,17H2,1-2H3. The van der Waals surface area contributed by atoms with Crippen LogP contribution in [-0.2, 0) is 11.2 Å². The van der Waals surface area contributed by atoms with Crippen molar-refractivity contribution in [1.82, 2.24) is 4.90 Å². The second kappa shape index (κ2) is 6.75. The Morgan fingerprint density at radius 3 is 2.95 bits per heavy atom. The number of piperidine rings is 1. The van der Waals surface area contributed by atoms with Crippen molar-refractivity contribution in [2.45, 2.75) is 44.7 Å². The average molecular weight is 276 g/mol. The number of nitrogens with zero attached hydrogens (tertiary/aromatic N) is 1. The van der Waals surface area contributed by atoms with E-state index in [1.807, 2.05) is 29.2 Å². The van der Waals surface area contributed by atoms with Crippen LogP contribution in [0, 0.1) is 0 Å². The number of likely N-dealkylation sites (tertiary alicyclic amines) is 1. The van der Waals surface area contributed by atoms with Crippen molar-refractivity contribution in [3.05, 3.63) is 29.8 Å². The lowest BCUT2D eigenvalue weighted by molar-refractivity contribution is -0.136. The van der Waals surface area contributed by atoms with Gasteiger partial charge >= 0.3 is 0 Å². The molecule has 0 spiro atoms. The molecule has 0 saturated carbocycles. The van der Waals surface area contributed by atoms with Crippen LogP contribution in [0.4, 0.5) is 0 Å². The van der Waals surface area contributed by atoms with E-state index in [4.69, 9.17) is 10.5 Å². The lowest BCUT2D eigenvalue weighted by Crippen LogP contribution is -2.52. The minimum absolute atomic E-state index is 0.168. The molecular weight excluding hydrogens is 252 g/mol. The van der Waals surface area contributed by atoms with Crippen molar-refractivity contribution in [2.24, 2.45) is 5.73 Å². The zero-order valence-corrected chi connectivity index (χ0v) is 12.3. The summed E-state index contributed by atoms with van der Waals surface area (Å²) in [5.74, 6) is 0.957. The van der Waals surface area contributed by atoms with Gasteiger partial charge in [-0.3, -0.25) is 4.79 Å². The highest BCUT2D eigenvalue weighted by Crippen LogP contribution is 2.23. The highest BCUT2D eigenvalue weighted by atomic mass is 16.5. The molecule has 4 nitrogen and oxygen atoms in total. The number of carbonyl (C=O) groups is 1. The molecule has 2 unspecified atom stereocenters. The molecule has 1 fully saturated rings. The van der Waals surface area contributed by atoms with Gasteiger partial charge in [-0.05, 0) is 43.9 Å². The average Bonchev–Trinajstić information content (AvgIpc) is 2.46. The largest absolute Gasteiger partial charge is 0.497 e. The van der Waals surface area contributed by atoms with E-state index in [1.54, 1.807) is 7.11 Å². The van der Waals surface area contributed by atoms with E-state index in [-0.39, 0.29) is 18.0 Å². The Bertz CT molecular complexity index is 462. The summed E-state index contributed by atoms with van der Waals surface area (Å²) in [6.07, 6.45) is 3.66. The molecule has 2 atom stereocenters. The normalized spacial score (nSPS) is 22.6. The second-order valence-corrected chi connectivity index (χ2v) is 5.50. The number of rotatable bonds is 4. The number of amides is 1. The predicted octanol–water partition coefficient (Wildman–Crippen LogP) is 1.97. The van der Waals surface area contributed by atoms with Crippen molar-refractivity contribution in [3.63, 3.8) is 0 Å². The van der Waals surface area contributed by atoms with Crippen LogP contribution in [0.25, 0.3) is 0 Å². The van der Waals surface area contributed by atoms with Gasteiger partial charge in [0.25, 0.3) is 0 Å². The molecule has 20 heavy (non-hydrogen) atoms. The van der Waals surface area contributed by atoms with E-state index in [2.05, 4.69) is 6.92 Å². The number of hydrogen-bond donors (Lipinski definition) is 1. The number of nitrogens with two attached hydrogens (primary N) is 1. The molecule has 2 N–H and O–H groups in total. The van der Waals surface area contributed by atoms with E-state index in [1.165, 1.54) is 0 Å². The molecule has 2 rings (SSSR count). The third-order valence-corrected chi connectivity index (χ3v) is 4.08. The van der Waals surface area contributed by atoms with E-state index >= 15 is 0 Å². The molecule has 1 aromatic rings. The van der Waals surface area contributed by atoms with Gasteiger partial charge in [0.05, 0.1) is 13.5 Å². The zero-order chi connectivity index (χ0) is 14.5. The topological polar surface area (TPSA) is 55.6 Å². The third kappa shape index (κ3) is 3.31. The minimum atomic E-state index is 0.168. The van der Waals surface area contributed by atoms with Crippen LogP contribution in [0.3, 0.4) is 0 Å².